The zero-order valence-electron chi connectivity index (χ0n) is 12.0. The molecule has 1 aromatic carbocycles. The second-order valence-electron chi connectivity index (χ2n) is 4.88. The number of rotatable bonds is 4. The lowest BCUT2D eigenvalue weighted by Gasteiger charge is -2.13. The van der Waals surface area contributed by atoms with Crippen LogP contribution in [-0.2, 0) is 6.54 Å². The van der Waals surface area contributed by atoms with Crippen molar-refractivity contribution in [2.45, 2.75) is 26.3 Å². The quantitative estimate of drug-likeness (QED) is 0.719. The van der Waals surface area contributed by atoms with E-state index < -0.39 is 0 Å². The van der Waals surface area contributed by atoms with Crippen LogP contribution in [0.15, 0.2) is 47.1 Å². The van der Waals surface area contributed by atoms with Gasteiger partial charge in [-0.05, 0) is 36.8 Å². The van der Waals surface area contributed by atoms with Crippen molar-refractivity contribution in [3.05, 3.63) is 59.1 Å². The molecule has 21 heavy (non-hydrogen) atoms. The number of hydrogen-bond donors (Lipinski definition) is 0. The average Bonchev–Trinajstić information content (AvgIpc) is 3.14. The van der Waals surface area contributed by atoms with Gasteiger partial charge in [0.15, 0.2) is 11.6 Å². The maximum absolute atomic E-state index is 6.08. The summed E-state index contributed by atoms with van der Waals surface area (Å²) in [6, 6.07) is 11.6. The predicted molar refractivity (Wildman–Crippen MR) is 82.4 cm³/mol. The Kier molecular flexibility index (Phi) is 3.80. The molecule has 0 amide bonds. The Morgan fingerprint density at radius 3 is 2.76 bits per heavy atom. The van der Waals surface area contributed by atoms with Crippen molar-refractivity contribution < 1.29 is 4.42 Å². The SMILES string of the molecule is CCn1c(-c2ccco2)nnc1C(C)c1cccc(Cl)c1. The molecule has 0 aliphatic rings. The minimum absolute atomic E-state index is 0.111. The Hall–Kier alpha value is -2.07. The molecule has 0 radical (unpaired) electrons. The van der Waals surface area contributed by atoms with Crippen LogP contribution in [0.3, 0.4) is 0 Å². The predicted octanol–water partition coefficient (Wildman–Crippen LogP) is 4.36. The Labute approximate surface area is 128 Å². The molecule has 0 saturated heterocycles. The van der Waals surface area contributed by atoms with Crippen LogP contribution in [0.25, 0.3) is 11.6 Å². The van der Waals surface area contributed by atoms with Crippen molar-refractivity contribution in [2.24, 2.45) is 0 Å². The first-order valence-corrected chi connectivity index (χ1v) is 7.31. The first-order valence-electron chi connectivity index (χ1n) is 6.93. The molecule has 0 saturated carbocycles. The second-order valence-corrected chi connectivity index (χ2v) is 5.32. The summed E-state index contributed by atoms with van der Waals surface area (Å²) in [5.41, 5.74) is 1.12. The van der Waals surface area contributed by atoms with E-state index in [4.69, 9.17) is 16.0 Å². The fourth-order valence-electron chi connectivity index (χ4n) is 2.46. The fourth-order valence-corrected chi connectivity index (χ4v) is 2.66. The average molecular weight is 302 g/mol. The molecule has 2 aromatic heterocycles. The van der Waals surface area contributed by atoms with Gasteiger partial charge in [0.05, 0.1) is 6.26 Å². The molecule has 0 aliphatic heterocycles. The Morgan fingerprint density at radius 1 is 1.24 bits per heavy atom. The van der Waals surface area contributed by atoms with Crippen LogP contribution < -0.4 is 0 Å². The molecule has 0 aliphatic carbocycles. The monoisotopic (exact) mass is 301 g/mol. The number of hydrogen-bond acceptors (Lipinski definition) is 3. The van der Waals surface area contributed by atoms with Gasteiger partial charge in [-0.15, -0.1) is 10.2 Å². The van der Waals surface area contributed by atoms with Gasteiger partial charge in [0.1, 0.15) is 5.82 Å². The van der Waals surface area contributed by atoms with Gasteiger partial charge in [-0.25, -0.2) is 0 Å². The Balaban J connectivity index is 2.03. The topological polar surface area (TPSA) is 43.9 Å². The third-order valence-electron chi connectivity index (χ3n) is 3.57. The van der Waals surface area contributed by atoms with Crippen molar-refractivity contribution in [3.63, 3.8) is 0 Å². The van der Waals surface area contributed by atoms with Crippen molar-refractivity contribution >= 4 is 11.6 Å². The lowest BCUT2D eigenvalue weighted by molar-refractivity contribution is 0.567. The van der Waals surface area contributed by atoms with Gasteiger partial charge in [-0.3, -0.25) is 0 Å². The highest BCUT2D eigenvalue weighted by Gasteiger charge is 2.20. The molecule has 1 unspecified atom stereocenters. The summed E-state index contributed by atoms with van der Waals surface area (Å²) in [5.74, 6) is 2.51. The molecule has 0 fully saturated rings. The molecule has 0 bridgehead atoms. The fraction of sp³-hybridized carbons (Fsp3) is 0.250. The second kappa shape index (κ2) is 5.74. The molecular formula is C16H16ClN3O. The highest BCUT2D eigenvalue weighted by molar-refractivity contribution is 6.30. The van der Waals surface area contributed by atoms with Crippen LogP contribution in [0.5, 0.6) is 0 Å². The molecule has 5 heteroatoms. The smallest absolute Gasteiger partial charge is 0.199 e. The van der Waals surface area contributed by atoms with Gasteiger partial charge in [0, 0.05) is 17.5 Å². The standard InChI is InChI=1S/C16H16ClN3O/c1-3-20-15(11(2)12-6-4-7-13(17)10-12)18-19-16(20)14-8-5-9-21-14/h4-11H,3H2,1-2H3. The minimum atomic E-state index is 0.111. The van der Waals surface area contributed by atoms with Gasteiger partial charge in [0.2, 0.25) is 0 Å². The summed E-state index contributed by atoms with van der Waals surface area (Å²) in [7, 11) is 0. The van der Waals surface area contributed by atoms with Crippen molar-refractivity contribution in [1.29, 1.82) is 0 Å². The summed E-state index contributed by atoms with van der Waals surface area (Å²) in [4.78, 5) is 0. The lowest BCUT2D eigenvalue weighted by Crippen LogP contribution is -2.08. The zero-order chi connectivity index (χ0) is 14.8. The van der Waals surface area contributed by atoms with Crippen LogP contribution in [0.4, 0.5) is 0 Å². The molecule has 3 aromatic rings. The largest absolute Gasteiger partial charge is 0.461 e. The van der Waals surface area contributed by atoms with Gasteiger partial charge >= 0.3 is 0 Å². The number of benzene rings is 1. The van der Waals surface area contributed by atoms with E-state index in [-0.39, 0.29) is 5.92 Å². The Morgan fingerprint density at radius 2 is 2.10 bits per heavy atom. The van der Waals surface area contributed by atoms with Crippen LogP contribution in [-0.4, -0.2) is 14.8 Å². The van der Waals surface area contributed by atoms with Gasteiger partial charge in [-0.1, -0.05) is 30.7 Å². The molecule has 4 nitrogen and oxygen atoms in total. The molecule has 3 rings (SSSR count). The first-order chi connectivity index (χ1) is 10.2. The van der Waals surface area contributed by atoms with Gasteiger partial charge in [0.25, 0.3) is 0 Å². The van der Waals surface area contributed by atoms with E-state index in [0.717, 1.165) is 34.5 Å². The van der Waals surface area contributed by atoms with Crippen LogP contribution in [0.1, 0.15) is 31.2 Å². The normalized spacial score (nSPS) is 12.5. The Bertz CT molecular complexity index is 734. The lowest BCUT2D eigenvalue weighted by atomic mass is 10.0. The van der Waals surface area contributed by atoms with E-state index in [9.17, 15) is 0 Å². The molecule has 1 atom stereocenters. The maximum Gasteiger partial charge on any atom is 0.199 e. The molecular weight excluding hydrogens is 286 g/mol. The summed E-state index contributed by atoms with van der Waals surface area (Å²) in [6.07, 6.45) is 1.64. The van der Waals surface area contributed by atoms with E-state index >= 15 is 0 Å². The summed E-state index contributed by atoms with van der Waals surface area (Å²) >= 11 is 6.08. The van der Waals surface area contributed by atoms with E-state index in [1.165, 1.54) is 0 Å². The van der Waals surface area contributed by atoms with Crippen LogP contribution in [0, 0.1) is 0 Å². The van der Waals surface area contributed by atoms with E-state index in [1.54, 1.807) is 6.26 Å². The summed E-state index contributed by atoms with van der Waals surface area (Å²) in [5, 5.41) is 9.37. The summed E-state index contributed by atoms with van der Waals surface area (Å²) < 4.78 is 7.51. The van der Waals surface area contributed by atoms with Crippen molar-refractivity contribution in [1.82, 2.24) is 14.8 Å². The van der Waals surface area contributed by atoms with E-state index in [1.807, 2.05) is 30.3 Å². The van der Waals surface area contributed by atoms with Crippen molar-refractivity contribution in [3.8, 4) is 11.6 Å². The zero-order valence-corrected chi connectivity index (χ0v) is 12.7. The highest BCUT2D eigenvalue weighted by Crippen LogP contribution is 2.28. The highest BCUT2D eigenvalue weighted by atomic mass is 35.5. The minimum Gasteiger partial charge on any atom is -0.461 e. The van der Waals surface area contributed by atoms with E-state index in [0.29, 0.717) is 0 Å². The van der Waals surface area contributed by atoms with E-state index in [2.05, 4.69) is 34.7 Å². The third kappa shape index (κ3) is 2.59. The number of furan rings is 1. The van der Waals surface area contributed by atoms with Gasteiger partial charge in [-0.2, -0.15) is 0 Å². The molecule has 108 valence electrons. The number of halogens is 1. The number of nitrogens with zero attached hydrogens (tertiary/aromatic N) is 3. The molecule has 2 heterocycles. The van der Waals surface area contributed by atoms with Crippen LogP contribution in [0.2, 0.25) is 5.02 Å². The third-order valence-corrected chi connectivity index (χ3v) is 3.81. The maximum atomic E-state index is 6.08. The van der Waals surface area contributed by atoms with Gasteiger partial charge < -0.3 is 8.98 Å². The first kappa shape index (κ1) is 13.9. The summed E-state index contributed by atoms with van der Waals surface area (Å²) in [6.45, 7) is 4.96. The molecule has 0 spiro atoms. The van der Waals surface area contributed by atoms with Crippen LogP contribution >= 0.6 is 11.6 Å². The van der Waals surface area contributed by atoms with Crippen molar-refractivity contribution in [2.75, 3.05) is 0 Å². The molecule has 0 N–H and O–H groups in total. The number of aromatic nitrogens is 3.